The molecular formula is C24H28N4O3S2. The summed E-state index contributed by atoms with van der Waals surface area (Å²) in [6.45, 7) is 7.48. The molecule has 0 spiro atoms. The number of nitrogens with zero attached hydrogens (tertiary/aromatic N) is 2. The summed E-state index contributed by atoms with van der Waals surface area (Å²) in [6, 6.07) is 14.5. The summed E-state index contributed by atoms with van der Waals surface area (Å²) in [4.78, 5) is 19.7. The minimum absolute atomic E-state index is 0.0874. The smallest absolute Gasteiger partial charge is 0.261 e. The fraction of sp³-hybridized carbons (Fsp3) is 0.333. The van der Waals surface area contributed by atoms with Gasteiger partial charge in [-0.2, -0.15) is 0 Å². The number of nitrogens with one attached hydrogen (secondary N) is 2. The van der Waals surface area contributed by atoms with Crippen LogP contribution in [0, 0.1) is 11.8 Å². The number of amides is 1. The van der Waals surface area contributed by atoms with Crippen LogP contribution in [0.25, 0.3) is 0 Å². The van der Waals surface area contributed by atoms with Gasteiger partial charge in [-0.05, 0) is 54.7 Å². The number of para-hydroxylation sites is 1. The first-order valence-corrected chi connectivity index (χ1v) is 13.3. The van der Waals surface area contributed by atoms with Gasteiger partial charge in [-0.3, -0.25) is 19.7 Å². The molecule has 174 valence electrons. The number of hydrogen-bond acceptors (Lipinski definition) is 6. The number of anilines is 2. The minimum atomic E-state index is -3.73. The number of rotatable bonds is 7. The van der Waals surface area contributed by atoms with Crippen LogP contribution in [0.15, 0.2) is 64.9 Å². The molecule has 9 heteroatoms. The van der Waals surface area contributed by atoms with E-state index in [-0.39, 0.29) is 10.8 Å². The Morgan fingerprint density at radius 3 is 2.39 bits per heavy atom. The Morgan fingerprint density at radius 2 is 1.73 bits per heavy atom. The van der Waals surface area contributed by atoms with E-state index >= 15 is 0 Å². The van der Waals surface area contributed by atoms with Gasteiger partial charge in [-0.1, -0.05) is 32.0 Å². The van der Waals surface area contributed by atoms with Crippen LogP contribution >= 0.6 is 11.3 Å². The zero-order valence-electron chi connectivity index (χ0n) is 18.7. The van der Waals surface area contributed by atoms with Crippen molar-refractivity contribution in [1.29, 1.82) is 0 Å². The molecule has 2 aromatic carbocycles. The van der Waals surface area contributed by atoms with Gasteiger partial charge in [0.25, 0.3) is 15.9 Å². The van der Waals surface area contributed by atoms with Gasteiger partial charge in [0, 0.05) is 36.3 Å². The van der Waals surface area contributed by atoms with E-state index in [2.05, 4.69) is 33.8 Å². The number of hydrogen-bond donors (Lipinski definition) is 2. The van der Waals surface area contributed by atoms with E-state index < -0.39 is 10.0 Å². The lowest BCUT2D eigenvalue weighted by Crippen LogP contribution is -2.38. The van der Waals surface area contributed by atoms with E-state index in [9.17, 15) is 13.2 Å². The van der Waals surface area contributed by atoms with Gasteiger partial charge >= 0.3 is 0 Å². The highest BCUT2D eigenvalue weighted by molar-refractivity contribution is 7.92. The first-order chi connectivity index (χ1) is 15.8. The molecule has 2 atom stereocenters. The maximum Gasteiger partial charge on any atom is 0.261 e. The molecule has 4 rings (SSSR count). The Hall–Kier alpha value is -2.75. The number of piperidine rings is 1. The highest BCUT2D eigenvalue weighted by atomic mass is 32.2. The average molecular weight is 485 g/mol. The molecule has 1 fully saturated rings. The van der Waals surface area contributed by atoms with Crippen molar-refractivity contribution in [2.24, 2.45) is 11.8 Å². The van der Waals surface area contributed by atoms with Crippen molar-refractivity contribution in [3.8, 4) is 0 Å². The standard InChI is InChI=1S/C24H28N4O3S2/c1-17-12-18(2)14-28(13-17)15-21-16-32-24(25-21)26-23(29)19-8-10-22(11-9-19)33(30,31)27-20-6-4-3-5-7-20/h3-11,16-18,27H,12-15H2,1-2H3,(H,25,26,29). The van der Waals surface area contributed by atoms with Crippen molar-refractivity contribution in [3.63, 3.8) is 0 Å². The van der Waals surface area contributed by atoms with Crippen molar-refractivity contribution < 1.29 is 13.2 Å². The zero-order valence-corrected chi connectivity index (χ0v) is 20.3. The largest absolute Gasteiger partial charge is 0.298 e. The number of carbonyl (C=O) groups is 1. The van der Waals surface area contributed by atoms with Crippen molar-refractivity contribution in [2.75, 3.05) is 23.1 Å². The number of sulfonamides is 1. The van der Waals surface area contributed by atoms with Crippen molar-refractivity contribution in [1.82, 2.24) is 9.88 Å². The number of thiazole rings is 1. The first kappa shape index (κ1) is 23.4. The van der Waals surface area contributed by atoms with Gasteiger partial charge in [0.15, 0.2) is 5.13 Å². The molecule has 2 unspecified atom stereocenters. The van der Waals surface area contributed by atoms with Crippen molar-refractivity contribution >= 4 is 38.1 Å². The van der Waals surface area contributed by atoms with Crippen LogP contribution in [0.3, 0.4) is 0 Å². The fourth-order valence-electron chi connectivity index (χ4n) is 4.26. The van der Waals surface area contributed by atoms with Gasteiger partial charge in [0.2, 0.25) is 0 Å². The summed E-state index contributed by atoms with van der Waals surface area (Å²) in [5.41, 5.74) is 1.79. The second kappa shape index (κ2) is 10.0. The topological polar surface area (TPSA) is 91.4 Å². The fourth-order valence-corrected chi connectivity index (χ4v) is 6.02. The molecule has 1 saturated heterocycles. The Kier molecular flexibility index (Phi) is 7.11. The first-order valence-electron chi connectivity index (χ1n) is 10.9. The van der Waals surface area contributed by atoms with Gasteiger partial charge in [-0.25, -0.2) is 13.4 Å². The van der Waals surface area contributed by atoms with Gasteiger partial charge in [0.05, 0.1) is 10.6 Å². The Balaban J connectivity index is 1.36. The third-order valence-electron chi connectivity index (χ3n) is 5.56. The van der Waals surface area contributed by atoms with Crippen LogP contribution in [-0.4, -0.2) is 37.3 Å². The molecule has 0 saturated carbocycles. The summed E-state index contributed by atoms with van der Waals surface area (Å²) >= 11 is 1.40. The number of benzene rings is 2. The quantitative estimate of drug-likeness (QED) is 0.508. The molecule has 0 radical (unpaired) electrons. The van der Waals surface area contributed by atoms with E-state index in [4.69, 9.17) is 0 Å². The maximum absolute atomic E-state index is 12.6. The predicted octanol–water partition coefficient (Wildman–Crippen LogP) is 4.67. The SMILES string of the molecule is CC1CC(C)CN(Cc2csc(NC(=O)c3ccc(S(=O)(=O)Nc4ccccc4)cc3)n2)C1. The normalized spacial score (nSPS) is 19.2. The molecular weight excluding hydrogens is 456 g/mol. The molecule has 3 aromatic rings. The molecule has 1 aliphatic heterocycles. The summed E-state index contributed by atoms with van der Waals surface area (Å²) in [5, 5.41) is 5.33. The summed E-state index contributed by atoms with van der Waals surface area (Å²) in [5.74, 6) is 1.04. The summed E-state index contributed by atoms with van der Waals surface area (Å²) in [6.07, 6.45) is 1.26. The van der Waals surface area contributed by atoms with Crippen LogP contribution in [0.4, 0.5) is 10.8 Å². The molecule has 2 heterocycles. The summed E-state index contributed by atoms with van der Waals surface area (Å²) < 4.78 is 27.6. The number of aromatic nitrogens is 1. The molecule has 0 aliphatic carbocycles. The van der Waals surface area contributed by atoms with Crippen LogP contribution in [-0.2, 0) is 16.6 Å². The second-order valence-corrected chi connectivity index (χ2v) is 11.3. The highest BCUT2D eigenvalue weighted by Crippen LogP contribution is 2.24. The van der Waals surface area contributed by atoms with E-state index in [1.807, 2.05) is 11.4 Å². The highest BCUT2D eigenvalue weighted by Gasteiger charge is 2.22. The lowest BCUT2D eigenvalue weighted by atomic mass is 9.92. The third-order valence-corrected chi connectivity index (χ3v) is 7.76. The lowest BCUT2D eigenvalue weighted by Gasteiger charge is -2.34. The maximum atomic E-state index is 12.6. The average Bonchev–Trinajstić information content (AvgIpc) is 3.20. The summed E-state index contributed by atoms with van der Waals surface area (Å²) in [7, 11) is -3.73. The van der Waals surface area contributed by atoms with Crippen LogP contribution in [0.2, 0.25) is 0 Å². The Morgan fingerprint density at radius 1 is 1.06 bits per heavy atom. The molecule has 1 aromatic heterocycles. The predicted molar refractivity (Wildman–Crippen MR) is 132 cm³/mol. The molecule has 0 bridgehead atoms. The molecule has 7 nitrogen and oxygen atoms in total. The third kappa shape index (κ3) is 6.19. The van der Waals surface area contributed by atoms with E-state index in [0.29, 0.717) is 28.2 Å². The van der Waals surface area contributed by atoms with Crippen molar-refractivity contribution in [2.45, 2.75) is 31.7 Å². The number of carbonyl (C=O) groups excluding carboxylic acids is 1. The molecule has 2 N–H and O–H groups in total. The zero-order chi connectivity index (χ0) is 23.4. The van der Waals surface area contributed by atoms with Gasteiger partial charge in [-0.15, -0.1) is 11.3 Å². The second-order valence-electron chi connectivity index (χ2n) is 8.73. The van der Waals surface area contributed by atoms with Crippen LogP contribution in [0.1, 0.15) is 36.3 Å². The molecule has 1 aliphatic rings. The van der Waals surface area contributed by atoms with Crippen LogP contribution < -0.4 is 10.0 Å². The minimum Gasteiger partial charge on any atom is -0.298 e. The van der Waals surface area contributed by atoms with E-state index in [0.717, 1.165) is 25.3 Å². The van der Waals surface area contributed by atoms with E-state index in [1.54, 1.807) is 24.3 Å². The number of likely N-dealkylation sites (tertiary alicyclic amines) is 1. The Labute approximate surface area is 198 Å². The molecule has 1 amide bonds. The van der Waals surface area contributed by atoms with Crippen molar-refractivity contribution in [3.05, 3.63) is 71.2 Å². The van der Waals surface area contributed by atoms with Crippen LogP contribution in [0.5, 0.6) is 0 Å². The Bertz CT molecular complexity index is 1180. The van der Waals surface area contributed by atoms with E-state index in [1.165, 1.54) is 42.0 Å². The van der Waals surface area contributed by atoms with Gasteiger partial charge < -0.3 is 0 Å². The lowest BCUT2D eigenvalue weighted by molar-refractivity contribution is 0.102. The molecule has 33 heavy (non-hydrogen) atoms. The van der Waals surface area contributed by atoms with Gasteiger partial charge in [0.1, 0.15) is 0 Å². The monoisotopic (exact) mass is 484 g/mol.